The van der Waals surface area contributed by atoms with Crippen molar-refractivity contribution in [2.24, 2.45) is 0 Å². The zero-order chi connectivity index (χ0) is 12.6. The van der Waals surface area contributed by atoms with Crippen LogP contribution in [0.2, 0.25) is 0 Å². The predicted molar refractivity (Wildman–Crippen MR) is 72.7 cm³/mol. The summed E-state index contributed by atoms with van der Waals surface area (Å²) in [4.78, 5) is 6.79. The number of nitrogens with zero attached hydrogens (tertiary/aromatic N) is 2. The standard InChI is InChI=1S/C13H22N4O/c1-14-10-12-2-3-13(16-11-12)15-4-5-17-6-8-18-9-7-17/h2-3,11,14H,4-10H2,1H3,(H,15,16). The van der Waals surface area contributed by atoms with Gasteiger partial charge in [-0.25, -0.2) is 4.98 Å². The van der Waals surface area contributed by atoms with E-state index in [1.165, 1.54) is 5.56 Å². The summed E-state index contributed by atoms with van der Waals surface area (Å²) in [7, 11) is 1.94. The smallest absolute Gasteiger partial charge is 0.125 e. The molecule has 0 aliphatic carbocycles. The number of hydrogen-bond donors (Lipinski definition) is 2. The Labute approximate surface area is 109 Å². The Kier molecular flexibility index (Phi) is 5.38. The van der Waals surface area contributed by atoms with Crippen LogP contribution in [0.3, 0.4) is 0 Å². The van der Waals surface area contributed by atoms with Crippen molar-refractivity contribution in [2.75, 3.05) is 51.8 Å². The summed E-state index contributed by atoms with van der Waals surface area (Å²) < 4.78 is 5.32. The molecule has 0 spiro atoms. The Bertz CT molecular complexity index is 335. The molecule has 0 radical (unpaired) electrons. The predicted octanol–water partition coefficient (Wildman–Crippen LogP) is 0.545. The van der Waals surface area contributed by atoms with E-state index in [9.17, 15) is 0 Å². The number of hydrogen-bond acceptors (Lipinski definition) is 5. The number of anilines is 1. The van der Waals surface area contributed by atoms with Crippen molar-refractivity contribution < 1.29 is 4.74 Å². The molecule has 1 fully saturated rings. The number of morpholine rings is 1. The maximum Gasteiger partial charge on any atom is 0.125 e. The minimum atomic E-state index is 0.858. The molecule has 5 nitrogen and oxygen atoms in total. The number of aromatic nitrogens is 1. The minimum absolute atomic E-state index is 0.858. The fourth-order valence-electron chi connectivity index (χ4n) is 2.00. The largest absolute Gasteiger partial charge is 0.379 e. The summed E-state index contributed by atoms with van der Waals surface area (Å²) in [5, 5.41) is 6.46. The van der Waals surface area contributed by atoms with E-state index in [0.717, 1.165) is 51.8 Å². The van der Waals surface area contributed by atoms with Crippen LogP contribution in [0.4, 0.5) is 5.82 Å². The second kappa shape index (κ2) is 7.31. The van der Waals surface area contributed by atoms with E-state index in [2.05, 4.69) is 26.6 Å². The van der Waals surface area contributed by atoms with Crippen LogP contribution in [0.1, 0.15) is 5.56 Å². The maximum atomic E-state index is 5.32. The lowest BCUT2D eigenvalue weighted by molar-refractivity contribution is 0.0398. The van der Waals surface area contributed by atoms with Gasteiger partial charge in [0.2, 0.25) is 0 Å². The van der Waals surface area contributed by atoms with Gasteiger partial charge in [0.15, 0.2) is 0 Å². The average Bonchev–Trinajstić information content (AvgIpc) is 2.42. The number of pyridine rings is 1. The average molecular weight is 250 g/mol. The first-order valence-electron chi connectivity index (χ1n) is 6.52. The Morgan fingerprint density at radius 1 is 1.33 bits per heavy atom. The van der Waals surface area contributed by atoms with Gasteiger partial charge in [0.25, 0.3) is 0 Å². The van der Waals surface area contributed by atoms with Crippen molar-refractivity contribution in [3.63, 3.8) is 0 Å². The van der Waals surface area contributed by atoms with Crippen LogP contribution in [0.5, 0.6) is 0 Å². The molecule has 0 atom stereocenters. The minimum Gasteiger partial charge on any atom is -0.379 e. The number of nitrogens with one attached hydrogen (secondary N) is 2. The molecule has 0 amide bonds. The molecule has 0 aromatic carbocycles. The van der Waals surface area contributed by atoms with Gasteiger partial charge in [0.05, 0.1) is 13.2 Å². The molecule has 100 valence electrons. The Hall–Kier alpha value is -1.17. The van der Waals surface area contributed by atoms with Crippen LogP contribution in [0.25, 0.3) is 0 Å². The first-order valence-corrected chi connectivity index (χ1v) is 6.52. The molecule has 0 bridgehead atoms. The van der Waals surface area contributed by atoms with Gasteiger partial charge < -0.3 is 15.4 Å². The first kappa shape index (κ1) is 13.3. The van der Waals surface area contributed by atoms with Gasteiger partial charge >= 0.3 is 0 Å². The summed E-state index contributed by atoms with van der Waals surface area (Å²) in [6, 6.07) is 4.13. The van der Waals surface area contributed by atoms with Crippen molar-refractivity contribution in [3.05, 3.63) is 23.9 Å². The van der Waals surface area contributed by atoms with Crippen LogP contribution < -0.4 is 10.6 Å². The molecular weight excluding hydrogens is 228 g/mol. The van der Waals surface area contributed by atoms with Gasteiger partial charge in [-0.2, -0.15) is 0 Å². The van der Waals surface area contributed by atoms with Crippen LogP contribution >= 0.6 is 0 Å². The van der Waals surface area contributed by atoms with E-state index in [1.54, 1.807) is 0 Å². The lowest BCUT2D eigenvalue weighted by Gasteiger charge is -2.26. The molecule has 2 N–H and O–H groups in total. The highest BCUT2D eigenvalue weighted by Gasteiger charge is 2.09. The van der Waals surface area contributed by atoms with Gasteiger partial charge in [-0.1, -0.05) is 6.07 Å². The van der Waals surface area contributed by atoms with Gasteiger partial charge in [0.1, 0.15) is 5.82 Å². The molecule has 1 aromatic rings. The number of rotatable bonds is 6. The van der Waals surface area contributed by atoms with Gasteiger partial charge in [-0.3, -0.25) is 4.90 Å². The fourth-order valence-corrected chi connectivity index (χ4v) is 2.00. The molecular formula is C13H22N4O. The fraction of sp³-hybridized carbons (Fsp3) is 0.615. The summed E-state index contributed by atoms with van der Waals surface area (Å²) in [5.74, 6) is 0.947. The second-order valence-electron chi connectivity index (χ2n) is 4.46. The highest BCUT2D eigenvalue weighted by Crippen LogP contribution is 2.04. The van der Waals surface area contributed by atoms with Crippen LogP contribution in [0, 0.1) is 0 Å². The lowest BCUT2D eigenvalue weighted by Crippen LogP contribution is -2.39. The van der Waals surface area contributed by atoms with Gasteiger partial charge in [-0.15, -0.1) is 0 Å². The van der Waals surface area contributed by atoms with Crippen LogP contribution in [-0.4, -0.2) is 56.3 Å². The lowest BCUT2D eigenvalue weighted by atomic mass is 10.3. The molecule has 2 heterocycles. The number of ether oxygens (including phenoxy) is 1. The summed E-state index contributed by atoms with van der Waals surface area (Å²) >= 11 is 0. The molecule has 0 unspecified atom stereocenters. The van der Waals surface area contributed by atoms with Gasteiger partial charge in [-0.05, 0) is 18.7 Å². The van der Waals surface area contributed by atoms with E-state index >= 15 is 0 Å². The van der Waals surface area contributed by atoms with Crippen LogP contribution in [0.15, 0.2) is 18.3 Å². The van der Waals surface area contributed by atoms with Crippen molar-refractivity contribution in [3.8, 4) is 0 Å². The van der Waals surface area contributed by atoms with Crippen molar-refractivity contribution in [2.45, 2.75) is 6.54 Å². The van der Waals surface area contributed by atoms with E-state index in [1.807, 2.05) is 19.3 Å². The molecule has 0 saturated carbocycles. The zero-order valence-electron chi connectivity index (χ0n) is 11.0. The monoisotopic (exact) mass is 250 g/mol. The third-order valence-electron chi connectivity index (χ3n) is 3.04. The third kappa shape index (κ3) is 4.25. The molecule has 1 aliphatic heterocycles. The molecule has 1 aliphatic rings. The molecule has 1 saturated heterocycles. The zero-order valence-corrected chi connectivity index (χ0v) is 11.0. The molecule has 5 heteroatoms. The second-order valence-corrected chi connectivity index (χ2v) is 4.46. The van der Waals surface area contributed by atoms with Crippen LogP contribution in [-0.2, 0) is 11.3 Å². The van der Waals surface area contributed by atoms with E-state index in [-0.39, 0.29) is 0 Å². The summed E-state index contributed by atoms with van der Waals surface area (Å²) in [6.07, 6.45) is 1.91. The normalized spacial score (nSPS) is 16.7. The molecule has 2 rings (SSSR count). The van der Waals surface area contributed by atoms with Crippen molar-refractivity contribution >= 4 is 5.82 Å². The topological polar surface area (TPSA) is 49.4 Å². The first-order chi connectivity index (χ1) is 8.88. The SMILES string of the molecule is CNCc1ccc(NCCN2CCOCC2)nc1. The highest BCUT2D eigenvalue weighted by atomic mass is 16.5. The van der Waals surface area contributed by atoms with E-state index in [4.69, 9.17) is 4.74 Å². The van der Waals surface area contributed by atoms with E-state index < -0.39 is 0 Å². The summed E-state index contributed by atoms with van der Waals surface area (Å²) in [6.45, 7) is 6.63. The molecule has 18 heavy (non-hydrogen) atoms. The van der Waals surface area contributed by atoms with Gasteiger partial charge in [0, 0.05) is 38.9 Å². The quantitative estimate of drug-likeness (QED) is 0.772. The van der Waals surface area contributed by atoms with Crippen molar-refractivity contribution in [1.82, 2.24) is 15.2 Å². The summed E-state index contributed by atoms with van der Waals surface area (Å²) in [5.41, 5.74) is 1.20. The maximum absolute atomic E-state index is 5.32. The van der Waals surface area contributed by atoms with Crippen molar-refractivity contribution in [1.29, 1.82) is 0 Å². The highest BCUT2D eigenvalue weighted by molar-refractivity contribution is 5.35. The van der Waals surface area contributed by atoms with E-state index in [0.29, 0.717) is 0 Å². The Morgan fingerprint density at radius 3 is 2.83 bits per heavy atom. The third-order valence-corrected chi connectivity index (χ3v) is 3.04. The molecule has 1 aromatic heterocycles. The Morgan fingerprint density at radius 2 is 2.17 bits per heavy atom. The Balaban J connectivity index is 1.69.